The molecule has 0 bridgehead atoms. The fourth-order valence-electron chi connectivity index (χ4n) is 2.08. The van der Waals surface area contributed by atoms with Gasteiger partial charge in [-0.1, -0.05) is 18.5 Å². The molecule has 1 aliphatic rings. The number of thiophene rings is 1. The van der Waals surface area contributed by atoms with Crippen LogP contribution in [-0.2, 0) is 16.1 Å². The summed E-state index contributed by atoms with van der Waals surface area (Å²) in [4.78, 5) is 15.3. The topological polar surface area (TPSA) is 41.6 Å². The Bertz CT molecular complexity index is 419. The molecule has 1 aromatic heterocycles. The van der Waals surface area contributed by atoms with Gasteiger partial charge in [0.05, 0.1) is 24.3 Å². The highest BCUT2D eigenvalue weighted by atomic mass is 35.5. The molecule has 0 aromatic carbocycles. The smallest absolute Gasteiger partial charge is 0.239 e. The quantitative estimate of drug-likeness (QED) is 0.906. The minimum Gasteiger partial charge on any atom is -0.378 e. The molecule has 0 aliphatic carbocycles. The zero-order valence-electron chi connectivity index (χ0n) is 11.0. The van der Waals surface area contributed by atoms with Crippen molar-refractivity contribution in [1.29, 1.82) is 0 Å². The summed E-state index contributed by atoms with van der Waals surface area (Å²) in [5.74, 6) is 0.165. The number of carbonyl (C=O) groups excluding carboxylic acids is 1. The van der Waals surface area contributed by atoms with Gasteiger partial charge in [-0.2, -0.15) is 0 Å². The lowest BCUT2D eigenvalue weighted by molar-refractivity contribution is -0.137. The van der Waals surface area contributed by atoms with Gasteiger partial charge in [-0.3, -0.25) is 4.79 Å². The number of nitrogens with zero attached hydrogens (tertiary/aromatic N) is 1. The molecule has 0 saturated carbocycles. The Morgan fingerprint density at radius 2 is 2.32 bits per heavy atom. The first-order chi connectivity index (χ1) is 9.22. The first-order valence-corrected chi connectivity index (χ1v) is 7.80. The second kappa shape index (κ2) is 7.24. The third-order valence-electron chi connectivity index (χ3n) is 3.23. The van der Waals surface area contributed by atoms with Gasteiger partial charge in [0.1, 0.15) is 0 Å². The van der Waals surface area contributed by atoms with E-state index in [2.05, 4.69) is 5.32 Å². The zero-order valence-corrected chi connectivity index (χ0v) is 12.6. The van der Waals surface area contributed by atoms with E-state index in [-0.39, 0.29) is 11.9 Å². The third kappa shape index (κ3) is 3.92. The molecule has 1 fully saturated rings. The predicted octanol–water partition coefficient (Wildman–Crippen LogP) is 2.13. The number of hydrogen-bond donors (Lipinski definition) is 1. The summed E-state index contributed by atoms with van der Waals surface area (Å²) in [5.41, 5.74) is 0. The second-order valence-corrected chi connectivity index (χ2v) is 5.88. The van der Waals surface area contributed by atoms with Gasteiger partial charge in [0.15, 0.2) is 0 Å². The van der Waals surface area contributed by atoms with Crippen LogP contribution in [0.4, 0.5) is 0 Å². The van der Waals surface area contributed by atoms with Crippen LogP contribution in [0.5, 0.6) is 0 Å². The summed E-state index contributed by atoms with van der Waals surface area (Å²) >= 11 is 7.66. The van der Waals surface area contributed by atoms with Crippen molar-refractivity contribution >= 4 is 28.8 Å². The number of halogens is 1. The molecule has 0 spiro atoms. The molecule has 1 N–H and O–H groups in total. The van der Waals surface area contributed by atoms with Gasteiger partial charge in [0, 0.05) is 24.5 Å². The molecular formula is C13H19ClN2O2S. The molecule has 1 aliphatic heterocycles. The van der Waals surface area contributed by atoms with Gasteiger partial charge >= 0.3 is 0 Å². The fraction of sp³-hybridized carbons (Fsp3) is 0.615. The molecule has 2 rings (SSSR count). The average Bonchev–Trinajstić information content (AvgIpc) is 2.86. The predicted molar refractivity (Wildman–Crippen MR) is 77.6 cm³/mol. The molecule has 0 unspecified atom stereocenters. The van der Waals surface area contributed by atoms with Crippen LogP contribution in [0.3, 0.4) is 0 Å². The Balaban J connectivity index is 1.88. The van der Waals surface area contributed by atoms with Crippen LogP contribution >= 0.6 is 22.9 Å². The molecule has 2 heterocycles. The first-order valence-electron chi connectivity index (χ1n) is 6.54. The van der Waals surface area contributed by atoms with Crippen LogP contribution in [0.2, 0.25) is 5.02 Å². The van der Waals surface area contributed by atoms with Crippen molar-refractivity contribution in [2.45, 2.75) is 25.9 Å². The van der Waals surface area contributed by atoms with Crippen molar-refractivity contribution in [2.75, 3.05) is 26.3 Å². The normalized spacial score (nSPS) is 17.5. The van der Waals surface area contributed by atoms with Gasteiger partial charge in [0.2, 0.25) is 5.91 Å². The summed E-state index contributed by atoms with van der Waals surface area (Å²) in [6.45, 7) is 5.32. The Morgan fingerprint density at radius 3 is 2.89 bits per heavy atom. The van der Waals surface area contributed by atoms with E-state index in [1.807, 2.05) is 23.3 Å². The maximum atomic E-state index is 12.4. The summed E-state index contributed by atoms with van der Waals surface area (Å²) < 4.78 is 5.27. The summed E-state index contributed by atoms with van der Waals surface area (Å²) in [6.07, 6.45) is 0.777. The first kappa shape index (κ1) is 14.8. The third-order valence-corrected chi connectivity index (χ3v) is 4.62. The average molecular weight is 303 g/mol. The monoisotopic (exact) mass is 302 g/mol. The molecule has 4 nitrogen and oxygen atoms in total. The minimum atomic E-state index is -0.142. The van der Waals surface area contributed by atoms with Crippen LogP contribution < -0.4 is 5.32 Å². The van der Waals surface area contributed by atoms with E-state index in [0.717, 1.165) is 16.3 Å². The van der Waals surface area contributed by atoms with Crippen molar-refractivity contribution in [3.05, 3.63) is 21.3 Å². The molecule has 1 aromatic rings. The molecule has 106 valence electrons. The zero-order chi connectivity index (χ0) is 13.7. The largest absolute Gasteiger partial charge is 0.378 e. The molecule has 1 amide bonds. The standard InChI is InChI=1S/C13H19ClN2O2S/c1-2-11(13(17)16-4-6-18-7-5-16)15-9-12-10(14)3-8-19-12/h3,8,11,15H,2,4-7,9H2,1H3/t11-/m1/s1. The minimum absolute atomic E-state index is 0.142. The number of amides is 1. The molecule has 6 heteroatoms. The Kier molecular flexibility index (Phi) is 5.63. The van der Waals surface area contributed by atoms with E-state index in [1.165, 1.54) is 0 Å². The Labute approximate surface area is 122 Å². The lowest BCUT2D eigenvalue weighted by Gasteiger charge is -2.30. The van der Waals surface area contributed by atoms with E-state index >= 15 is 0 Å². The lowest BCUT2D eigenvalue weighted by atomic mass is 10.2. The van der Waals surface area contributed by atoms with Crippen LogP contribution in [0.25, 0.3) is 0 Å². The number of ether oxygens (including phenoxy) is 1. The second-order valence-electron chi connectivity index (χ2n) is 4.47. The van der Waals surface area contributed by atoms with Crippen LogP contribution in [0.1, 0.15) is 18.2 Å². The summed E-state index contributed by atoms with van der Waals surface area (Å²) in [5, 5.41) is 6.04. The highest BCUT2D eigenvalue weighted by Crippen LogP contribution is 2.21. The van der Waals surface area contributed by atoms with Gasteiger partial charge in [-0.15, -0.1) is 11.3 Å². The van der Waals surface area contributed by atoms with Gasteiger partial charge in [0.25, 0.3) is 0 Å². The van der Waals surface area contributed by atoms with Crippen LogP contribution in [0, 0.1) is 0 Å². The summed E-state index contributed by atoms with van der Waals surface area (Å²) in [7, 11) is 0. The van der Waals surface area contributed by atoms with Crippen molar-refractivity contribution in [1.82, 2.24) is 10.2 Å². The lowest BCUT2D eigenvalue weighted by Crippen LogP contribution is -2.49. The number of morpholine rings is 1. The Hall–Kier alpha value is -0.620. The van der Waals surface area contributed by atoms with E-state index in [4.69, 9.17) is 16.3 Å². The maximum Gasteiger partial charge on any atom is 0.239 e. The van der Waals surface area contributed by atoms with E-state index < -0.39 is 0 Å². The van der Waals surface area contributed by atoms with Crippen molar-refractivity contribution < 1.29 is 9.53 Å². The maximum absolute atomic E-state index is 12.4. The van der Waals surface area contributed by atoms with Gasteiger partial charge < -0.3 is 15.0 Å². The summed E-state index contributed by atoms with van der Waals surface area (Å²) in [6, 6.07) is 1.74. The highest BCUT2D eigenvalue weighted by molar-refractivity contribution is 7.10. The number of hydrogen-bond acceptors (Lipinski definition) is 4. The van der Waals surface area contributed by atoms with Gasteiger partial charge in [-0.05, 0) is 17.9 Å². The fourth-order valence-corrected chi connectivity index (χ4v) is 3.13. The number of nitrogens with one attached hydrogen (secondary N) is 1. The van der Waals surface area contributed by atoms with Crippen LogP contribution in [-0.4, -0.2) is 43.2 Å². The SMILES string of the molecule is CC[C@@H](NCc1sccc1Cl)C(=O)N1CCOCC1. The van der Waals surface area contributed by atoms with Crippen molar-refractivity contribution in [3.63, 3.8) is 0 Å². The molecule has 0 radical (unpaired) electrons. The van der Waals surface area contributed by atoms with Gasteiger partial charge in [-0.25, -0.2) is 0 Å². The molecule has 19 heavy (non-hydrogen) atoms. The van der Waals surface area contributed by atoms with Crippen molar-refractivity contribution in [3.8, 4) is 0 Å². The molecule has 1 atom stereocenters. The molecule has 1 saturated heterocycles. The highest BCUT2D eigenvalue weighted by Gasteiger charge is 2.24. The van der Waals surface area contributed by atoms with Crippen molar-refractivity contribution in [2.24, 2.45) is 0 Å². The molecular weight excluding hydrogens is 284 g/mol. The van der Waals surface area contributed by atoms with Crippen LogP contribution in [0.15, 0.2) is 11.4 Å². The Morgan fingerprint density at radius 1 is 1.58 bits per heavy atom. The number of rotatable bonds is 5. The van der Waals surface area contributed by atoms with E-state index in [1.54, 1.807) is 11.3 Å². The van der Waals surface area contributed by atoms with E-state index in [0.29, 0.717) is 32.8 Å². The number of carbonyl (C=O) groups is 1. The van der Waals surface area contributed by atoms with E-state index in [9.17, 15) is 4.79 Å².